The van der Waals surface area contributed by atoms with Gasteiger partial charge in [-0.1, -0.05) is 31.7 Å². The molecule has 1 aromatic carbocycles. The molecule has 11 atom stereocenters. The summed E-state index contributed by atoms with van der Waals surface area (Å²) in [4.78, 5) is 216. The van der Waals surface area contributed by atoms with E-state index in [4.69, 9.17) is 31.8 Å². The molecule has 0 saturated carbocycles. The third-order valence-corrected chi connectivity index (χ3v) is 12.0. The van der Waals surface area contributed by atoms with E-state index in [0.717, 1.165) is 20.8 Å². The van der Waals surface area contributed by atoms with E-state index < -0.39 is 213 Å². The number of rotatable bonds is 41. The zero-order valence-electron chi connectivity index (χ0n) is 47.7. The summed E-state index contributed by atoms with van der Waals surface area (Å²) in [5.74, 6) is -21.2. The number of carbonyl (C=O) groups is 17. The number of amides is 10. The number of ketones is 1. The lowest BCUT2D eigenvalue weighted by molar-refractivity contribution is -0.155. The number of nitrogens with two attached hydrogens (primary N) is 3. The molecule has 0 aliphatic carbocycles. The highest BCUT2D eigenvalue weighted by Gasteiger charge is 2.38. The van der Waals surface area contributed by atoms with E-state index in [1.807, 2.05) is 16.0 Å². The summed E-state index contributed by atoms with van der Waals surface area (Å²) >= 11 is 0. The molecule has 0 aliphatic rings. The van der Waals surface area contributed by atoms with Gasteiger partial charge in [-0.15, -0.1) is 0 Å². The Morgan fingerprint density at radius 2 is 1.15 bits per heavy atom. The number of nitrogen functional groups attached to an aromatic ring is 1. The molecule has 0 aliphatic heterocycles. The molecule has 21 N–H and O–H groups in total. The zero-order valence-corrected chi connectivity index (χ0v) is 47.7. The number of carboxylic acids is 4. The van der Waals surface area contributed by atoms with Gasteiger partial charge in [-0.25, -0.2) is 9.59 Å². The number of carboxylic acid groups (broad SMARTS) is 4. The number of aliphatic carboxylic acids is 4. The summed E-state index contributed by atoms with van der Waals surface area (Å²) in [6.07, 6.45) is -6.15. The number of para-hydroxylation sites is 1. The highest BCUT2D eigenvalue weighted by atomic mass is 16.6. The van der Waals surface area contributed by atoms with Gasteiger partial charge in [0.1, 0.15) is 67.3 Å². The molecule has 10 amide bonds. The van der Waals surface area contributed by atoms with Crippen LogP contribution in [0.3, 0.4) is 0 Å². The number of aliphatic hydroxyl groups is 1. The van der Waals surface area contributed by atoms with Gasteiger partial charge in [0.05, 0.1) is 51.4 Å². The smallest absolute Gasteiger partial charge is 0.407 e. The fourth-order valence-corrected chi connectivity index (χ4v) is 7.42. The lowest BCUT2D eigenvalue weighted by Gasteiger charge is -2.28. The van der Waals surface area contributed by atoms with Crippen LogP contribution in [-0.2, 0) is 81.4 Å². The summed E-state index contributed by atoms with van der Waals surface area (Å²) in [7, 11) is 0. The van der Waals surface area contributed by atoms with Gasteiger partial charge >= 0.3 is 35.9 Å². The van der Waals surface area contributed by atoms with Crippen LogP contribution in [0.4, 0.5) is 10.5 Å². The summed E-state index contributed by atoms with van der Waals surface area (Å²) < 4.78 is 10.1. The number of hydrogen-bond donors (Lipinski definition) is 18. The molecule has 37 heteroatoms. The van der Waals surface area contributed by atoms with Crippen molar-refractivity contribution in [3.8, 4) is 0 Å². The standard InChI is InChI=1S/C51H73N13O24/c1-5-13-87-51(86)55-12-8-11-29(58-36(68)19-52)46(81)61-31(18-41(76)77)47(82)57-24(3)43(78)60-30(17-40(74)75)45(80)56-20-37(69)59-34(22-66)48(83)64-42(23(2)14-38(70)71)49(84)62-32(16-35(67)26-9-6-7-10-27(26)53)50(85)88-25(4)33(21-65)63-44(79)28(54)15-39(72)73/h5-7,9-10,21,23-25,28-34,42,66H,1,8,11-20,22,52-54H2,2-4H3,(H,55,86)(H,56,80)(H,57,82)(H,58,68)(H,59,69)(H,60,78)(H,61,81)(H,62,84)(H,63,79)(H,64,83)(H,70,71)(H,72,73)(H,74,75)(H,76,77)/t23?,24-,25?,28?,29?,30-,31-,32?,33?,34-,42-/m0/s1. The minimum Gasteiger partial charge on any atom is -0.481 e. The first-order valence-electron chi connectivity index (χ1n) is 26.5. The van der Waals surface area contributed by atoms with E-state index in [2.05, 4.69) is 43.8 Å². The molecule has 37 nitrogen and oxygen atoms in total. The number of aliphatic hydroxyl groups excluding tert-OH is 1. The number of carbonyl (C=O) groups excluding carboxylic acids is 13. The molecule has 1 aromatic rings. The fourth-order valence-electron chi connectivity index (χ4n) is 7.42. The van der Waals surface area contributed by atoms with Crippen LogP contribution < -0.4 is 70.4 Å². The maximum absolute atomic E-state index is 14.1. The normalized spacial score (nSPS) is 14.4. The van der Waals surface area contributed by atoms with Gasteiger partial charge in [-0.3, -0.25) is 67.1 Å². The zero-order chi connectivity index (χ0) is 67.0. The van der Waals surface area contributed by atoms with Gasteiger partial charge in [0.2, 0.25) is 53.2 Å². The molecule has 0 radical (unpaired) electrons. The minimum atomic E-state index is -2.05. The number of Topliss-reactive ketones (excluding diaryl/α,β-unsaturated/α-hetero) is 1. The quantitative estimate of drug-likeness (QED) is 0.00723. The average Bonchev–Trinajstić information content (AvgIpc) is 3.63. The summed E-state index contributed by atoms with van der Waals surface area (Å²) in [5.41, 5.74) is 16.6. The van der Waals surface area contributed by atoms with Crippen molar-refractivity contribution in [3.63, 3.8) is 0 Å². The molecule has 0 heterocycles. The topological polar surface area (TPSA) is 608 Å². The molecule has 0 fully saturated rings. The van der Waals surface area contributed by atoms with Gasteiger partial charge in [0.15, 0.2) is 5.78 Å². The van der Waals surface area contributed by atoms with Crippen LogP contribution in [0, 0.1) is 5.92 Å². The number of esters is 1. The van der Waals surface area contributed by atoms with E-state index in [0.29, 0.717) is 0 Å². The monoisotopic (exact) mass is 1250 g/mol. The number of anilines is 1. The Morgan fingerprint density at radius 3 is 1.70 bits per heavy atom. The third-order valence-electron chi connectivity index (χ3n) is 12.0. The summed E-state index contributed by atoms with van der Waals surface area (Å²) in [6, 6.07) is -11.1. The molecule has 486 valence electrons. The van der Waals surface area contributed by atoms with E-state index in [1.165, 1.54) is 30.3 Å². The molecule has 88 heavy (non-hydrogen) atoms. The second kappa shape index (κ2) is 38.7. The van der Waals surface area contributed by atoms with Crippen molar-refractivity contribution in [2.24, 2.45) is 17.4 Å². The number of ether oxygens (including phenoxy) is 2. The van der Waals surface area contributed by atoms with Crippen LogP contribution in [0.5, 0.6) is 0 Å². The lowest BCUT2D eigenvalue weighted by atomic mass is 9.96. The highest BCUT2D eigenvalue weighted by Crippen LogP contribution is 2.17. The number of nitrogens with one attached hydrogen (secondary N) is 10. The Morgan fingerprint density at radius 1 is 0.602 bits per heavy atom. The Balaban J connectivity index is 3.29. The van der Waals surface area contributed by atoms with Gasteiger partial charge in [-0.05, 0) is 44.7 Å². The van der Waals surface area contributed by atoms with E-state index >= 15 is 0 Å². The largest absolute Gasteiger partial charge is 0.481 e. The van der Waals surface area contributed by atoms with Gasteiger partial charge in [-0.2, -0.15) is 0 Å². The average molecular weight is 1250 g/mol. The second-order valence-electron chi connectivity index (χ2n) is 19.2. The number of benzene rings is 1. The van der Waals surface area contributed by atoms with Crippen LogP contribution in [0.2, 0.25) is 0 Å². The molecule has 1 rings (SSSR count). The maximum Gasteiger partial charge on any atom is 0.407 e. The van der Waals surface area contributed by atoms with Crippen molar-refractivity contribution in [3.05, 3.63) is 42.5 Å². The predicted octanol–water partition coefficient (Wildman–Crippen LogP) is -7.51. The van der Waals surface area contributed by atoms with Crippen LogP contribution >= 0.6 is 0 Å². The Hall–Kier alpha value is -10.2. The van der Waals surface area contributed by atoms with Crippen LogP contribution in [0.15, 0.2) is 36.9 Å². The first-order valence-corrected chi connectivity index (χ1v) is 26.5. The first kappa shape index (κ1) is 75.8. The summed E-state index contributed by atoms with van der Waals surface area (Å²) in [5, 5.41) is 69.1. The van der Waals surface area contributed by atoms with Crippen molar-refractivity contribution in [1.82, 2.24) is 53.2 Å². The highest BCUT2D eigenvalue weighted by molar-refractivity contribution is 6.04. The van der Waals surface area contributed by atoms with Crippen LogP contribution in [-0.4, -0.2) is 220 Å². The number of aldehydes is 1. The van der Waals surface area contributed by atoms with Crippen LogP contribution in [0.1, 0.15) is 76.1 Å². The Bertz CT molecular complexity index is 2750. The van der Waals surface area contributed by atoms with Crippen molar-refractivity contribution in [2.45, 2.75) is 126 Å². The Kier molecular flexibility index (Phi) is 33.4. The van der Waals surface area contributed by atoms with Crippen molar-refractivity contribution >= 4 is 107 Å². The fraction of sp³-hybridized carbons (Fsp3) is 0.510. The number of hydrogen-bond acceptors (Lipinski definition) is 23. The van der Waals surface area contributed by atoms with Gasteiger partial charge in [0.25, 0.3) is 0 Å². The van der Waals surface area contributed by atoms with Crippen LogP contribution in [0.25, 0.3) is 0 Å². The predicted molar refractivity (Wildman–Crippen MR) is 297 cm³/mol. The molecular formula is C51H73N13O24. The van der Waals surface area contributed by atoms with Gasteiger partial charge < -0.3 is 110 Å². The maximum atomic E-state index is 14.1. The van der Waals surface area contributed by atoms with E-state index in [9.17, 15) is 102 Å². The Labute approximate surface area is 500 Å². The number of alkyl carbamates (subject to hydrolysis) is 1. The van der Waals surface area contributed by atoms with Gasteiger partial charge in [0, 0.05) is 24.2 Å². The molecular weight excluding hydrogens is 1180 g/mol. The SMILES string of the molecule is C=CCOC(=O)NCCCC(NC(=O)CN)C(=O)N[C@@H](CC(=O)O)C(=O)N[C@@H](C)C(=O)N[C@@H](CC(=O)O)C(=O)NCC(=O)N[C@@H](CO)C(=O)N[C@H](C(=O)NC(CC(=O)c1ccccc1N)C(=O)OC(C)C(C=O)NC(=O)C(N)CC(=O)O)C(C)CC(=O)O. The first-order chi connectivity index (χ1) is 41.3. The second-order valence-corrected chi connectivity index (χ2v) is 19.2. The molecule has 0 saturated heterocycles. The van der Waals surface area contributed by atoms with Crippen molar-refractivity contribution in [2.75, 3.05) is 38.6 Å². The molecule has 0 aromatic heterocycles. The van der Waals surface area contributed by atoms with E-state index in [1.54, 1.807) is 0 Å². The molecule has 0 bridgehead atoms. The van der Waals surface area contributed by atoms with Crippen molar-refractivity contribution < 1.29 is 117 Å². The molecule has 6 unspecified atom stereocenters. The lowest BCUT2D eigenvalue weighted by Crippen LogP contribution is -2.60. The molecule has 0 spiro atoms. The van der Waals surface area contributed by atoms with Crippen molar-refractivity contribution in [1.29, 1.82) is 0 Å². The van der Waals surface area contributed by atoms with E-state index in [-0.39, 0.29) is 43.5 Å². The third kappa shape index (κ3) is 28.1. The minimum absolute atomic E-state index is 0.0275. The summed E-state index contributed by atoms with van der Waals surface area (Å²) in [6.45, 7) is 3.46.